The molecular weight excluding hydrogens is 182 g/mol. The van der Waals surface area contributed by atoms with Crippen LogP contribution in [0, 0.1) is 0 Å². The SMILES string of the molecule is CC1OCCC1N(C)C(=O)CCCO. The summed E-state index contributed by atoms with van der Waals surface area (Å²) in [5.41, 5.74) is 0. The van der Waals surface area contributed by atoms with E-state index in [1.807, 2.05) is 14.0 Å². The molecule has 0 aromatic rings. The van der Waals surface area contributed by atoms with E-state index in [-0.39, 0.29) is 24.7 Å². The number of hydrogen-bond acceptors (Lipinski definition) is 3. The van der Waals surface area contributed by atoms with E-state index in [9.17, 15) is 4.79 Å². The summed E-state index contributed by atoms with van der Waals surface area (Å²) in [6, 6.07) is 0.209. The lowest BCUT2D eigenvalue weighted by Crippen LogP contribution is -2.40. The molecule has 0 aromatic heterocycles. The molecule has 1 saturated heterocycles. The van der Waals surface area contributed by atoms with E-state index in [4.69, 9.17) is 9.84 Å². The third-order valence-corrected chi connectivity index (χ3v) is 2.78. The highest BCUT2D eigenvalue weighted by molar-refractivity contribution is 5.76. The topological polar surface area (TPSA) is 49.8 Å². The minimum atomic E-state index is 0.0797. The van der Waals surface area contributed by atoms with Crippen LogP contribution >= 0.6 is 0 Å². The zero-order valence-corrected chi connectivity index (χ0v) is 8.90. The quantitative estimate of drug-likeness (QED) is 0.716. The fraction of sp³-hybridized carbons (Fsp3) is 0.900. The van der Waals surface area contributed by atoms with Crippen molar-refractivity contribution in [1.82, 2.24) is 4.90 Å². The van der Waals surface area contributed by atoms with Gasteiger partial charge in [0.1, 0.15) is 0 Å². The van der Waals surface area contributed by atoms with Gasteiger partial charge >= 0.3 is 0 Å². The largest absolute Gasteiger partial charge is 0.396 e. The van der Waals surface area contributed by atoms with E-state index in [1.54, 1.807) is 4.90 Å². The molecule has 0 saturated carbocycles. The lowest BCUT2D eigenvalue weighted by atomic mass is 10.1. The molecule has 14 heavy (non-hydrogen) atoms. The third-order valence-electron chi connectivity index (χ3n) is 2.78. The second kappa shape index (κ2) is 5.32. The highest BCUT2D eigenvalue weighted by Gasteiger charge is 2.29. The average molecular weight is 201 g/mol. The third kappa shape index (κ3) is 2.69. The molecule has 0 aromatic carbocycles. The maximum atomic E-state index is 11.6. The Morgan fingerprint density at radius 2 is 2.36 bits per heavy atom. The number of amides is 1. The van der Waals surface area contributed by atoms with Crippen molar-refractivity contribution < 1.29 is 14.6 Å². The number of aliphatic hydroxyl groups is 1. The van der Waals surface area contributed by atoms with Crippen molar-refractivity contribution in [2.24, 2.45) is 0 Å². The van der Waals surface area contributed by atoms with Gasteiger partial charge in [-0.15, -0.1) is 0 Å². The summed E-state index contributed by atoms with van der Waals surface area (Å²) in [5.74, 6) is 0.0985. The van der Waals surface area contributed by atoms with E-state index in [2.05, 4.69) is 0 Å². The first-order valence-corrected chi connectivity index (χ1v) is 5.15. The number of hydrogen-bond donors (Lipinski definition) is 1. The van der Waals surface area contributed by atoms with Gasteiger partial charge < -0.3 is 14.7 Å². The lowest BCUT2D eigenvalue weighted by molar-refractivity contribution is -0.133. The highest BCUT2D eigenvalue weighted by Crippen LogP contribution is 2.18. The number of ether oxygens (including phenoxy) is 1. The average Bonchev–Trinajstić information content (AvgIpc) is 2.59. The first kappa shape index (κ1) is 11.5. The molecule has 1 aliphatic rings. The molecule has 2 atom stereocenters. The summed E-state index contributed by atoms with van der Waals surface area (Å²) in [4.78, 5) is 13.4. The van der Waals surface area contributed by atoms with Crippen LogP contribution in [0.25, 0.3) is 0 Å². The van der Waals surface area contributed by atoms with Gasteiger partial charge in [-0.3, -0.25) is 4.79 Å². The van der Waals surface area contributed by atoms with Crippen molar-refractivity contribution in [3.63, 3.8) is 0 Å². The molecule has 0 radical (unpaired) electrons. The zero-order chi connectivity index (χ0) is 10.6. The van der Waals surface area contributed by atoms with E-state index in [1.165, 1.54) is 0 Å². The number of carbonyl (C=O) groups excluding carboxylic acids is 1. The van der Waals surface area contributed by atoms with Crippen LogP contribution in [-0.2, 0) is 9.53 Å². The van der Waals surface area contributed by atoms with Gasteiger partial charge in [0.25, 0.3) is 0 Å². The van der Waals surface area contributed by atoms with Crippen LogP contribution in [0.3, 0.4) is 0 Å². The summed E-state index contributed by atoms with van der Waals surface area (Å²) in [5, 5.41) is 8.62. The molecule has 1 rings (SSSR count). The molecule has 4 nitrogen and oxygen atoms in total. The molecule has 2 unspecified atom stereocenters. The smallest absolute Gasteiger partial charge is 0.222 e. The molecule has 1 aliphatic heterocycles. The Labute approximate surface area is 84.8 Å². The van der Waals surface area contributed by atoms with E-state index in [0.717, 1.165) is 13.0 Å². The van der Waals surface area contributed by atoms with Gasteiger partial charge in [0, 0.05) is 26.7 Å². The van der Waals surface area contributed by atoms with Crippen molar-refractivity contribution in [2.45, 2.75) is 38.3 Å². The Morgan fingerprint density at radius 3 is 2.86 bits per heavy atom. The van der Waals surface area contributed by atoms with Crippen molar-refractivity contribution in [1.29, 1.82) is 0 Å². The van der Waals surface area contributed by atoms with E-state index >= 15 is 0 Å². The van der Waals surface area contributed by atoms with Gasteiger partial charge in [0.2, 0.25) is 5.91 Å². The first-order valence-electron chi connectivity index (χ1n) is 5.15. The zero-order valence-electron chi connectivity index (χ0n) is 8.90. The van der Waals surface area contributed by atoms with E-state index < -0.39 is 0 Å². The number of carbonyl (C=O) groups is 1. The van der Waals surface area contributed by atoms with Crippen molar-refractivity contribution in [2.75, 3.05) is 20.3 Å². The Bertz CT molecular complexity index is 196. The fourth-order valence-electron chi connectivity index (χ4n) is 1.82. The van der Waals surface area contributed by atoms with Crippen LogP contribution in [0.15, 0.2) is 0 Å². The summed E-state index contributed by atoms with van der Waals surface area (Å²) >= 11 is 0. The minimum absolute atomic E-state index is 0.0797. The van der Waals surface area contributed by atoms with Crippen molar-refractivity contribution in [3.8, 4) is 0 Å². The van der Waals surface area contributed by atoms with Gasteiger partial charge in [-0.05, 0) is 19.8 Å². The lowest BCUT2D eigenvalue weighted by Gasteiger charge is -2.26. The number of nitrogens with zero attached hydrogens (tertiary/aromatic N) is 1. The predicted octanol–water partition coefficient (Wildman–Crippen LogP) is 0.395. The van der Waals surface area contributed by atoms with Gasteiger partial charge in [0.15, 0.2) is 0 Å². The summed E-state index contributed by atoms with van der Waals surface area (Å²) < 4.78 is 5.40. The van der Waals surface area contributed by atoms with Gasteiger partial charge in [-0.25, -0.2) is 0 Å². The molecular formula is C10H19NO3. The maximum absolute atomic E-state index is 11.6. The fourth-order valence-corrected chi connectivity index (χ4v) is 1.82. The Balaban J connectivity index is 2.39. The van der Waals surface area contributed by atoms with Crippen molar-refractivity contribution in [3.05, 3.63) is 0 Å². The second-order valence-corrected chi connectivity index (χ2v) is 3.76. The van der Waals surface area contributed by atoms with Crippen LogP contribution in [0.5, 0.6) is 0 Å². The van der Waals surface area contributed by atoms with Gasteiger partial charge in [0.05, 0.1) is 12.1 Å². The molecule has 0 bridgehead atoms. The van der Waals surface area contributed by atoms with Crippen LogP contribution in [0.1, 0.15) is 26.2 Å². The van der Waals surface area contributed by atoms with Crippen molar-refractivity contribution >= 4 is 5.91 Å². The molecule has 1 heterocycles. The van der Waals surface area contributed by atoms with E-state index in [0.29, 0.717) is 12.8 Å². The molecule has 0 spiro atoms. The van der Waals surface area contributed by atoms with Gasteiger partial charge in [-0.2, -0.15) is 0 Å². The Hall–Kier alpha value is -0.610. The Kier molecular flexibility index (Phi) is 4.35. The molecule has 1 fully saturated rings. The molecule has 4 heteroatoms. The number of rotatable bonds is 4. The first-order chi connectivity index (χ1) is 6.66. The summed E-state index contributed by atoms with van der Waals surface area (Å²) in [7, 11) is 1.82. The van der Waals surface area contributed by atoms with Crippen LogP contribution in [-0.4, -0.2) is 48.3 Å². The monoisotopic (exact) mass is 201 g/mol. The van der Waals surface area contributed by atoms with Crippen LogP contribution in [0.4, 0.5) is 0 Å². The molecule has 1 N–H and O–H groups in total. The maximum Gasteiger partial charge on any atom is 0.222 e. The standard InChI is InChI=1S/C10H19NO3/c1-8-9(5-7-14-8)11(2)10(13)4-3-6-12/h8-9,12H,3-7H2,1-2H3. The molecule has 1 amide bonds. The second-order valence-electron chi connectivity index (χ2n) is 3.76. The molecule has 82 valence electrons. The normalized spacial score (nSPS) is 26.5. The van der Waals surface area contributed by atoms with Crippen LogP contribution in [0.2, 0.25) is 0 Å². The number of likely N-dealkylation sites (N-methyl/N-ethyl adjacent to an activating group) is 1. The predicted molar refractivity (Wildman–Crippen MR) is 52.9 cm³/mol. The van der Waals surface area contributed by atoms with Gasteiger partial charge in [-0.1, -0.05) is 0 Å². The molecule has 0 aliphatic carbocycles. The number of aliphatic hydroxyl groups excluding tert-OH is 1. The van der Waals surface area contributed by atoms with Crippen LogP contribution < -0.4 is 0 Å². The minimum Gasteiger partial charge on any atom is -0.396 e. The summed E-state index contributed by atoms with van der Waals surface area (Å²) in [6.45, 7) is 2.81. The Morgan fingerprint density at radius 1 is 1.64 bits per heavy atom. The summed E-state index contributed by atoms with van der Waals surface area (Å²) in [6.07, 6.45) is 2.03. The highest BCUT2D eigenvalue weighted by atomic mass is 16.5.